The predicted octanol–water partition coefficient (Wildman–Crippen LogP) is 2.81. The second-order valence-corrected chi connectivity index (χ2v) is 5.07. The highest BCUT2D eigenvalue weighted by atomic mass is 35.5. The minimum Gasteiger partial charge on any atom is -0.368 e. The van der Waals surface area contributed by atoms with Crippen LogP contribution in [-0.4, -0.2) is 25.2 Å². The van der Waals surface area contributed by atoms with Crippen LogP contribution in [0.3, 0.4) is 0 Å². The van der Waals surface area contributed by atoms with Gasteiger partial charge in [0, 0.05) is 6.54 Å². The smallest absolute Gasteiger partial charge is 0.253 e. The number of nitrogens with one attached hydrogen (secondary N) is 2. The highest BCUT2D eigenvalue weighted by Gasteiger charge is 2.19. The second kappa shape index (κ2) is 8.88. The number of carbonyl (C=O) groups excluding carboxylic acids is 1. The highest BCUT2D eigenvalue weighted by Crippen LogP contribution is 2.24. The van der Waals surface area contributed by atoms with Crippen LogP contribution < -0.4 is 10.6 Å². The number of amides is 1. The molecule has 0 aliphatic carbocycles. The van der Waals surface area contributed by atoms with E-state index in [1.54, 1.807) is 19.1 Å². The summed E-state index contributed by atoms with van der Waals surface area (Å²) < 4.78 is 19.7. The van der Waals surface area contributed by atoms with E-state index in [1.165, 1.54) is 0 Å². The first-order chi connectivity index (χ1) is 10.1. The average molecular weight is 329 g/mol. The molecule has 1 atom stereocenters. The Hall–Kier alpha value is -1.43. The molecule has 22 heavy (non-hydrogen) atoms. The normalized spacial score (nSPS) is 14.5. The van der Waals surface area contributed by atoms with E-state index in [4.69, 9.17) is 4.74 Å². The average Bonchev–Trinajstić information content (AvgIpc) is 2.50. The summed E-state index contributed by atoms with van der Waals surface area (Å²) in [5.41, 5.74) is 1.86. The maximum Gasteiger partial charge on any atom is 0.253 e. The molecule has 4 nitrogen and oxygen atoms in total. The largest absolute Gasteiger partial charge is 0.368 e. The molecule has 1 aromatic carbocycles. The fourth-order valence-electron chi connectivity index (χ4n) is 2.27. The van der Waals surface area contributed by atoms with Crippen LogP contribution in [0.1, 0.15) is 24.5 Å². The van der Waals surface area contributed by atoms with Crippen molar-refractivity contribution >= 4 is 24.0 Å². The van der Waals surface area contributed by atoms with Crippen molar-refractivity contribution in [2.75, 3.05) is 18.5 Å². The standard InChI is InChI=1S/C16H21FN2O2.ClH/c1-3-4-9-21-11(2)16(20)19-14-6-5-12-10-18-8-7-13(12)15(14)17;/h3,5-6,11,18H,1,4,7-10H2,2H3,(H,19,20);1H. The number of benzene rings is 1. The quantitative estimate of drug-likeness (QED) is 0.623. The maximum absolute atomic E-state index is 14.4. The van der Waals surface area contributed by atoms with Crippen molar-refractivity contribution < 1.29 is 13.9 Å². The first-order valence-corrected chi connectivity index (χ1v) is 7.17. The predicted molar refractivity (Wildman–Crippen MR) is 87.9 cm³/mol. The van der Waals surface area contributed by atoms with Gasteiger partial charge < -0.3 is 15.4 Å². The Bertz CT molecular complexity index is 537. The van der Waals surface area contributed by atoms with Crippen LogP contribution in [0.25, 0.3) is 0 Å². The molecule has 1 aromatic rings. The summed E-state index contributed by atoms with van der Waals surface area (Å²) in [6.07, 6.45) is 2.41. The molecular weight excluding hydrogens is 307 g/mol. The van der Waals surface area contributed by atoms with Crippen molar-refractivity contribution in [3.63, 3.8) is 0 Å². The molecule has 2 rings (SSSR count). The van der Waals surface area contributed by atoms with Gasteiger partial charge in [-0.15, -0.1) is 19.0 Å². The lowest BCUT2D eigenvalue weighted by molar-refractivity contribution is -0.126. The summed E-state index contributed by atoms with van der Waals surface area (Å²) >= 11 is 0. The number of hydrogen-bond donors (Lipinski definition) is 2. The molecule has 0 fully saturated rings. The molecule has 1 amide bonds. The molecule has 0 radical (unpaired) electrons. The molecule has 1 aliphatic heterocycles. The fourth-order valence-corrected chi connectivity index (χ4v) is 2.27. The van der Waals surface area contributed by atoms with Gasteiger partial charge in [-0.1, -0.05) is 12.1 Å². The van der Waals surface area contributed by atoms with Crippen LogP contribution in [0.15, 0.2) is 24.8 Å². The van der Waals surface area contributed by atoms with E-state index in [1.807, 2.05) is 6.07 Å². The number of halogens is 2. The summed E-state index contributed by atoms with van der Waals surface area (Å²) in [6, 6.07) is 3.46. The van der Waals surface area contributed by atoms with Crippen LogP contribution >= 0.6 is 12.4 Å². The summed E-state index contributed by atoms with van der Waals surface area (Å²) in [5, 5.41) is 5.80. The Morgan fingerprint density at radius 3 is 3.09 bits per heavy atom. The van der Waals surface area contributed by atoms with Gasteiger partial charge in [0.1, 0.15) is 11.9 Å². The summed E-state index contributed by atoms with van der Waals surface area (Å²) in [6.45, 7) is 7.09. The fraction of sp³-hybridized carbons (Fsp3) is 0.438. The van der Waals surface area contributed by atoms with E-state index < -0.39 is 6.10 Å². The Morgan fingerprint density at radius 1 is 1.59 bits per heavy atom. The first-order valence-electron chi connectivity index (χ1n) is 7.17. The molecule has 1 unspecified atom stereocenters. The maximum atomic E-state index is 14.4. The van der Waals surface area contributed by atoms with Crippen LogP contribution in [-0.2, 0) is 22.5 Å². The second-order valence-electron chi connectivity index (χ2n) is 5.07. The van der Waals surface area contributed by atoms with Crippen molar-refractivity contribution in [1.82, 2.24) is 5.32 Å². The zero-order chi connectivity index (χ0) is 15.2. The van der Waals surface area contributed by atoms with E-state index in [0.29, 0.717) is 31.6 Å². The van der Waals surface area contributed by atoms with Gasteiger partial charge in [0.15, 0.2) is 0 Å². The van der Waals surface area contributed by atoms with Crippen molar-refractivity contribution in [1.29, 1.82) is 0 Å². The van der Waals surface area contributed by atoms with Gasteiger partial charge in [-0.05, 0) is 43.5 Å². The monoisotopic (exact) mass is 328 g/mol. The van der Waals surface area contributed by atoms with Gasteiger partial charge in [-0.25, -0.2) is 4.39 Å². The van der Waals surface area contributed by atoms with E-state index in [-0.39, 0.29) is 29.8 Å². The first kappa shape index (κ1) is 18.6. The molecule has 0 bridgehead atoms. The topological polar surface area (TPSA) is 50.4 Å². The van der Waals surface area contributed by atoms with E-state index in [9.17, 15) is 9.18 Å². The van der Waals surface area contributed by atoms with E-state index >= 15 is 0 Å². The van der Waals surface area contributed by atoms with Gasteiger partial charge in [0.2, 0.25) is 0 Å². The number of ether oxygens (including phenoxy) is 1. The SMILES string of the molecule is C=CCCOC(C)C(=O)Nc1ccc2c(c1F)CCNC2.Cl. The molecule has 0 saturated carbocycles. The van der Waals surface area contributed by atoms with Crippen LogP contribution in [0.4, 0.5) is 10.1 Å². The minimum absolute atomic E-state index is 0. The van der Waals surface area contributed by atoms with Crippen LogP contribution in [0.2, 0.25) is 0 Å². The molecule has 1 aliphatic rings. The van der Waals surface area contributed by atoms with Crippen molar-refractivity contribution in [3.05, 3.63) is 41.7 Å². The third kappa shape index (κ3) is 4.53. The lowest BCUT2D eigenvalue weighted by Gasteiger charge is -2.20. The molecule has 1 heterocycles. The molecule has 0 aromatic heterocycles. The van der Waals surface area contributed by atoms with Crippen LogP contribution in [0.5, 0.6) is 0 Å². The Balaban J connectivity index is 0.00000242. The van der Waals surface area contributed by atoms with Gasteiger partial charge in [-0.2, -0.15) is 0 Å². The van der Waals surface area contributed by atoms with Crippen molar-refractivity contribution in [2.45, 2.75) is 32.4 Å². The van der Waals surface area contributed by atoms with Gasteiger partial charge >= 0.3 is 0 Å². The third-order valence-electron chi connectivity index (χ3n) is 3.52. The van der Waals surface area contributed by atoms with E-state index in [2.05, 4.69) is 17.2 Å². The van der Waals surface area contributed by atoms with Gasteiger partial charge in [0.05, 0.1) is 12.3 Å². The molecular formula is C16H22ClFN2O2. The molecule has 0 saturated heterocycles. The minimum atomic E-state index is -0.623. The summed E-state index contributed by atoms with van der Waals surface area (Å²) in [4.78, 5) is 12.0. The van der Waals surface area contributed by atoms with Crippen molar-refractivity contribution in [2.24, 2.45) is 0 Å². The van der Waals surface area contributed by atoms with E-state index in [0.717, 1.165) is 12.1 Å². The lowest BCUT2D eigenvalue weighted by Crippen LogP contribution is -2.29. The third-order valence-corrected chi connectivity index (χ3v) is 3.52. The number of hydrogen-bond acceptors (Lipinski definition) is 3. The number of rotatable bonds is 6. The zero-order valence-electron chi connectivity index (χ0n) is 12.7. The Labute approximate surface area is 136 Å². The summed E-state index contributed by atoms with van der Waals surface area (Å²) in [7, 11) is 0. The number of carbonyl (C=O) groups is 1. The highest BCUT2D eigenvalue weighted by molar-refractivity contribution is 5.94. The van der Waals surface area contributed by atoms with Gasteiger partial charge in [0.25, 0.3) is 5.91 Å². The Morgan fingerprint density at radius 2 is 2.36 bits per heavy atom. The molecule has 0 spiro atoms. The Kier molecular flexibility index (Phi) is 7.51. The number of anilines is 1. The molecule has 2 N–H and O–H groups in total. The van der Waals surface area contributed by atoms with Crippen LogP contribution in [0, 0.1) is 5.82 Å². The van der Waals surface area contributed by atoms with Gasteiger partial charge in [-0.3, -0.25) is 4.79 Å². The molecule has 122 valence electrons. The number of fused-ring (bicyclic) bond motifs is 1. The molecule has 6 heteroatoms. The lowest BCUT2D eigenvalue weighted by atomic mass is 9.99. The summed E-state index contributed by atoms with van der Waals surface area (Å²) in [5.74, 6) is -0.674. The van der Waals surface area contributed by atoms with Crippen molar-refractivity contribution in [3.8, 4) is 0 Å². The zero-order valence-corrected chi connectivity index (χ0v) is 13.5.